The van der Waals surface area contributed by atoms with Crippen LogP contribution in [0.1, 0.15) is 16.8 Å². The van der Waals surface area contributed by atoms with E-state index in [1.165, 1.54) is 12.1 Å². The van der Waals surface area contributed by atoms with Crippen molar-refractivity contribution in [3.8, 4) is 0 Å². The monoisotopic (exact) mass is 298 g/mol. The van der Waals surface area contributed by atoms with Crippen molar-refractivity contribution in [1.82, 2.24) is 10.2 Å². The molecular weight excluding hydrogens is 282 g/mol. The molecule has 1 fully saturated rings. The molecule has 0 unspecified atom stereocenters. The molecular formula is C14H16F2N2O3. The Morgan fingerprint density at radius 1 is 1.24 bits per heavy atom. The molecule has 0 spiro atoms. The lowest BCUT2D eigenvalue weighted by molar-refractivity contribution is -0.135. The van der Waals surface area contributed by atoms with Gasteiger partial charge in [0.1, 0.15) is 0 Å². The largest absolute Gasteiger partial charge is 0.378 e. The van der Waals surface area contributed by atoms with Crippen LogP contribution in [0.25, 0.3) is 0 Å². The van der Waals surface area contributed by atoms with Crippen LogP contribution in [0.3, 0.4) is 0 Å². The Hall–Kier alpha value is -2.02. The standard InChI is InChI=1S/C14H16F2N2O3/c15-11-3-1-2-10(13(11)16)14(20)17-5-4-12(19)18-6-8-21-9-7-18/h1-3H,4-9H2,(H,17,20). The summed E-state index contributed by atoms with van der Waals surface area (Å²) in [4.78, 5) is 25.2. The number of nitrogens with one attached hydrogen (secondary N) is 1. The minimum absolute atomic E-state index is 0.0744. The fraction of sp³-hybridized carbons (Fsp3) is 0.429. The smallest absolute Gasteiger partial charge is 0.254 e. The van der Waals surface area contributed by atoms with Crippen molar-refractivity contribution in [3.05, 3.63) is 35.4 Å². The number of hydrogen-bond acceptors (Lipinski definition) is 3. The number of rotatable bonds is 4. The van der Waals surface area contributed by atoms with Gasteiger partial charge in [-0.2, -0.15) is 0 Å². The molecule has 1 aliphatic heterocycles. The molecule has 1 heterocycles. The maximum Gasteiger partial charge on any atom is 0.254 e. The van der Waals surface area contributed by atoms with Crippen LogP contribution in [-0.4, -0.2) is 49.6 Å². The van der Waals surface area contributed by atoms with E-state index < -0.39 is 17.5 Å². The van der Waals surface area contributed by atoms with Crippen LogP contribution in [0, 0.1) is 11.6 Å². The summed E-state index contributed by atoms with van der Waals surface area (Å²) in [7, 11) is 0. The van der Waals surface area contributed by atoms with Gasteiger partial charge in [-0.3, -0.25) is 9.59 Å². The molecule has 2 amide bonds. The van der Waals surface area contributed by atoms with Crippen LogP contribution in [0.4, 0.5) is 8.78 Å². The van der Waals surface area contributed by atoms with E-state index >= 15 is 0 Å². The first-order valence-corrected chi connectivity index (χ1v) is 6.67. The van der Waals surface area contributed by atoms with Crippen molar-refractivity contribution in [3.63, 3.8) is 0 Å². The van der Waals surface area contributed by atoms with Crippen molar-refractivity contribution in [1.29, 1.82) is 0 Å². The Bertz CT molecular complexity index is 531. The van der Waals surface area contributed by atoms with E-state index in [1.807, 2.05) is 0 Å². The SMILES string of the molecule is O=C(NCCC(=O)N1CCOCC1)c1cccc(F)c1F. The Labute approximate surface area is 120 Å². The molecule has 0 saturated carbocycles. The molecule has 1 saturated heterocycles. The van der Waals surface area contributed by atoms with E-state index in [2.05, 4.69) is 5.32 Å². The second-order valence-electron chi connectivity index (χ2n) is 4.60. The predicted molar refractivity (Wildman–Crippen MR) is 70.7 cm³/mol. The summed E-state index contributed by atoms with van der Waals surface area (Å²) in [6.45, 7) is 2.15. The first-order chi connectivity index (χ1) is 10.1. The second-order valence-corrected chi connectivity index (χ2v) is 4.60. The lowest BCUT2D eigenvalue weighted by atomic mass is 10.2. The van der Waals surface area contributed by atoms with Crippen LogP contribution in [0.2, 0.25) is 0 Å². The highest BCUT2D eigenvalue weighted by Crippen LogP contribution is 2.11. The molecule has 0 aliphatic carbocycles. The van der Waals surface area contributed by atoms with Crippen molar-refractivity contribution < 1.29 is 23.1 Å². The molecule has 1 aliphatic rings. The molecule has 0 atom stereocenters. The normalized spacial score (nSPS) is 14.9. The number of benzene rings is 1. The third kappa shape index (κ3) is 3.98. The first kappa shape index (κ1) is 15.4. The number of halogens is 2. The molecule has 1 aromatic rings. The molecule has 2 rings (SSSR count). The van der Waals surface area contributed by atoms with Gasteiger partial charge in [-0.1, -0.05) is 6.07 Å². The van der Waals surface area contributed by atoms with E-state index in [0.29, 0.717) is 26.3 Å². The molecule has 0 bridgehead atoms. The van der Waals surface area contributed by atoms with Crippen molar-refractivity contribution in [2.24, 2.45) is 0 Å². The maximum absolute atomic E-state index is 13.4. The predicted octanol–water partition coefficient (Wildman–Crippen LogP) is 0.944. The van der Waals surface area contributed by atoms with Gasteiger partial charge >= 0.3 is 0 Å². The third-order valence-electron chi connectivity index (χ3n) is 3.18. The second kappa shape index (κ2) is 7.12. The van der Waals surface area contributed by atoms with Crippen LogP contribution in [0.15, 0.2) is 18.2 Å². The zero-order valence-corrected chi connectivity index (χ0v) is 11.4. The van der Waals surface area contributed by atoms with Crippen molar-refractivity contribution in [2.45, 2.75) is 6.42 Å². The lowest BCUT2D eigenvalue weighted by Crippen LogP contribution is -2.42. The van der Waals surface area contributed by atoms with Crippen LogP contribution in [0.5, 0.6) is 0 Å². The highest BCUT2D eigenvalue weighted by Gasteiger charge is 2.18. The van der Waals surface area contributed by atoms with Gasteiger partial charge in [0.25, 0.3) is 5.91 Å². The minimum Gasteiger partial charge on any atom is -0.378 e. The van der Waals surface area contributed by atoms with E-state index in [-0.39, 0.29) is 24.4 Å². The highest BCUT2D eigenvalue weighted by molar-refractivity contribution is 5.94. The summed E-state index contributed by atoms with van der Waals surface area (Å²) in [5.41, 5.74) is -0.367. The van der Waals surface area contributed by atoms with Gasteiger partial charge in [-0.15, -0.1) is 0 Å². The molecule has 7 heteroatoms. The molecule has 0 aromatic heterocycles. The quantitative estimate of drug-likeness (QED) is 0.900. The zero-order chi connectivity index (χ0) is 15.2. The average Bonchev–Trinajstić information content (AvgIpc) is 2.50. The van der Waals surface area contributed by atoms with Gasteiger partial charge in [0.2, 0.25) is 5.91 Å². The number of ether oxygens (including phenoxy) is 1. The van der Waals surface area contributed by atoms with Gasteiger partial charge in [0.05, 0.1) is 18.8 Å². The van der Waals surface area contributed by atoms with Crippen LogP contribution >= 0.6 is 0 Å². The molecule has 1 N–H and O–H groups in total. The van der Waals surface area contributed by atoms with E-state index in [0.717, 1.165) is 6.07 Å². The maximum atomic E-state index is 13.4. The topological polar surface area (TPSA) is 58.6 Å². The van der Waals surface area contributed by atoms with Gasteiger partial charge in [-0.05, 0) is 12.1 Å². The van der Waals surface area contributed by atoms with E-state index in [1.54, 1.807) is 4.90 Å². The van der Waals surface area contributed by atoms with Crippen molar-refractivity contribution >= 4 is 11.8 Å². The van der Waals surface area contributed by atoms with Crippen molar-refractivity contribution in [2.75, 3.05) is 32.8 Å². The molecule has 0 radical (unpaired) electrons. The summed E-state index contributed by atoms with van der Waals surface area (Å²) in [6.07, 6.45) is 0.114. The third-order valence-corrected chi connectivity index (χ3v) is 3.18. The minimum atomic E-state index is -1.19. The average molecular weight is 298 g/mol. The zero-order valence-electron chi connectivity index (χ0n) is 11.4. The van der Waals surface area contributed by atoms with Gasteiger partial charge in [-0.25, -0.2) is 8.78 Å². The molecule has 114 valence electrons. The first-order valence-electron chi connectivity index (χ1n) is 6.67. The lowest BCUT2D eigenvalue weighted by Gasteiger charge is -2.26. The molecule has 5 nitrogen and oxygen atoms in total. The number of morpholine rings is 1. The van der Waals surface area contributed by atoms with E-state index in [4.69, 9.17) is 4.74 Å². The Kier molecular flexibility index (Phi) is 5.21. The fourth-order valence-corrected chi connectivity index (χ4v) is 2.03. The summed E-state index contributed by atoms with van der Waals surface area (Å²) >= 11 is 0. The molecule has 21 heavy (non-hydrogen) atoms. The summed E-state index contributed by atoms with van der Waals surface area (Å²) in [6, 6.07) is 3.39. The number of carbonyl (C=O) groups is 2. The summed E-state index contributed by atoms with van der Waals surface area (Å²) in [5.74, 6) is -3.10. The number of nitrogens with zero attached hydrogens (tertiary/aromatic N) is 1. The highest BCUT2D eigenvalue weighted by atomic mass is 19.2. The fourth-order valence-electron chi connectivity index (χ4n) is 2.03. The summed E-state index contributed by atoms with van der Waals surface area (Å²) < 4.78 is 31.5. The van der Waals surface area contributed by atoms with Crippen LogP contribution < -0.4 is 5.32 Å². The van der Waals surface area contributed by atoms with Gasteiger partial charge in [0, 0.05) is 26.1 Å². The molecule has 1 aromatic carbocycles. The van der Waals surface area contributed by atoms with E-state index in [9.17, 15) is 18.4 Å². The Morgan fingerprint density at radius 2 is 1.95 bits per heavy atom. The van der Waals surface area contributed by atoms with Gasteiger partial charge in [0.15, 0.2) is 11.6 Å². The van der Waals surface area contributed by atoms with Crippen LogP contribution in [-0.2, 0) is 9.53 Å². The summed E-state index contributed by atoms with van der Waals surface area (Å²) in [5, 5.41) is 2.41. The Morgan fingerprint density at radius 3 is 2.67 bits per heavy atom. The number of carbonyl (C=O) groups excluding carboxylic acids is 2. The Balaban J connectivity index is 1.81. The number of hydrogen-bond donors (Lipinski definition) is 1. The van der Waals surface area contributed by atoms with Gasteiger partial charge < -0.3 is 15.0 Å². The number of amides is 2.